The van der Waals surface area contributed by atoms with Crippen LogP contribution in [0.3, 0.4) is 0 Å². The monoisotopic (exact) mass is 243 g/mol. The topological polar surface area (TPSA) is 66.4 Å². The Kier molecular flexibility index (Phi) is 4.92. The molecule has 2 N–H and O–H groups in total. The lowest BCUT2D eigenvalue weighted by atomic mass is 10.1. The van der Waals surface area contributed by atoms with E-state index in [1.165, 1.54) is 11.1 Å². The highest BCUT2D eigenvalue weighted by Gasteiger charge is 2.02. The second-order valence-electron chi connectivity index (χ2n) is 3.78. The molecule has 5 heteroatoms. The fraction of sp³-hybridized carbons (Fsp3) is 0.455. The summed E-state index contributed by atoms with van der Waals surface area (Å²) in [6, 6.07) is 8.18. The van der Waals surface area contributed by atoms with Crippen molar-refractivity contribution in [3.05, 3.63) is 35.4 Å². The highest BCUT2D eigenvalue weighted by atomic mass is 32.2. The number of aryl methyl sites for hydroxylation is 1. The highest BCUT2D eigenvalue weighted by molar-refractivity contribution is 7.85. The second kappa shape index (κ2) is 5.98. The average molecular weight is 243 g/mol. The van der Waals surface area contributed by atoms with Gasteiger partial charge in [-0.1, -0.05) is 29.8 Å². The van der Waals surface area contributed by atoms with E-state index >= 15 is 0 Å². The van der Waals surface area contributed by atoms with E-state index in [1.54, 1.807) is 0 Å². The van der Waals surface area contributed by atoms with Crippen LogP contribution in [0.1, 0.15) is 11.1 Å². The van der Waals surface area contributed by atoms with Gasteiger partial charge in [0.1, 0.15) is 0 Å². The van der Waals surface area contributed by atoms with Gasteiger partial charge >= 0.3 is 0 Å². The Morgan fingerprint density at radius 1 is 1.31 bits per heavy atom. The smallest absolute Gasteiger partial charge is 0.266 e. The molecule has 0 aliphatic rings. The molecule has 0 fully saturated rings. The Bertz CT molecular complexity index is 429. The van der Waals surface area contributed by atoms with Crippen molar-refractivity contribution in [1.29, 1.82) is 0 Å². The van der Waals surface area contributed by atoms with E-state index in [2.05, 4.69) is 11.4 Å². The first kappa shape index (κ1) is 13.2. The van der Waals surface area contributed by atoms with Crippen molar-refractivity contribution >= 4 is 10.1 Å². The van der Waals surface area contributed by atoms with Gasteiger partial charge in [-0.3, -0.25) is 4.55 Å². The fourth-order valence-electron chi connectivity index (χ4n) is 1.43. The first-order chi connectivity index (χ1) is 7.47. The van der Waals surface area contributed by atoms with E-state index in [0.717, 1.165) is 6.42 Å². The van der Waals surface area contributed by atoms with Gasteiger partial charge in [-0.05, 0) is 25.5 Å². The van der Waals surface area contributed by atoms with Crippen LogP contribution in [0, 0.1) is 6.92 Å². The van der Waals surface area contributed by atoms with Crippen LogP contribution in [0.15, 0.2) is 24.3 Å². The third-order valence-electron chi connectivity index (χ3n) is 2.21. The molecule has 0 unspecified atom stereocenters. The summed E-state index contributed by atoms with van der Waals surface area (Å²) in [6.07, 6.45) is 0.854. The van der Waals surface area contributed by atoms with Gasteiger partial charge in [0.2, 0.25) is 0 Å². The average Bonchev–Trinajstić information content (AvgIpc) is 2.15. The zero-order valence-electron chi connectivity index (χ0n) is 9.31. The van der Waals surface area contributed by atoms with Crippen LogP contribution in [0.25, 0.3) is 0 Å². The normalized spacial score (nSPS) is 11.6. The third kappa shape index (κ3) is 5.85. The molecule has 0 aliphatic carbocycles. The lowest BCUT2D eigenvalue weighted by Gasteiger charge is -2.04. The Morgan fingerprint density at radius 3 is 2.69 bits per heavy atom. The van der Waals surface area contributed by atoms with Crippen LogP contribution >= 0.6 is 0 Å². The first-order valence-corrected chi connectivity index (χ1v) is 6.80. The van der Waals surface area contributed by atoms with Gasteiger partial charge < -0.3 is 5.32 Å². The summed E-state index contributed by atoms with van der Waals surface area (Å²) in [7, 11) is -3.84. The van der Waals surface area contributed by atoms with Crippen molar-refractivity contribution in [3.63, 3.8) is 0 Å². The van der Waals surface area contributed by atoms with Crippen molar-refractivity contribution in [1.82, 2.24) is 5.32 Å². The number of hydrogen-bond donors (Lipinski definition) is 2. The van der Waals surface area contributed by atoms with Crippen LogP contribution in [0.5, 0.6) is 0 Å². The molecule has 1 rings (SSSR count). The van der Waals surface area contributed by atoms with Crippen molar-refractivity contribution in [2.75, 3.05) is 18.8 Å². The summed E-state index contributed by atoms with van der Waals surface area (Å²) in [5.74, 6) is -0.235. The van der Waals surface area contributed by atoms with E-state index < -0.39 is 10.1 Å². The molecule has 0 heterocycles. The first-order valence-electron chi connectivity index (χ1n) is 5.19. The molecule has 0 spiro atoms. The van der Waals surface area contributed by atoms with Gasteiger partial charge in [0, 0.05) is 6.54 Å². The third-order valence-corrected chi connectivity index (χ3v) is 2.93. The molecule has 1 aromatic carbocycles. The van der Waals surface area contributed by atoms with Crippen LogP contribution in [0.4, 0.5) is 0 Å². The van der Waals surface area contributed by atoms with E-state index in [0.29, 0.717) is 6.54 Å². The quantitative estimate of drug-likeness (QED) is 0.578. The van der Waals surface area contributed by atoms with Crippen molar-refractivity contribution < 1.29 is 13.0 Å². The molecule has 0 saturated heterocycles. The minimum atomic E-state index is -3.84. The van der Waals surface area contributed by atoms with E-state index in [1.807, 2.05) is 25.1 Å². The van der Waals surface area contributed by atoms with Crippen LogP contribution in [0.2, 0.25) is 0 Å². The summed E-state index contributed by atoms with van der Waals surface area (Å²) in [6.45, 7) is 3.03. The summed E-state index contributed by atoms with van der Waals surface area (Å²) < 4.78 is 29.4. The maximum Gasteiger partial charge on any atom is 0.266 e. The SMILES string of the molecule is Cc1cccc(CCNCCS(=O)(=O)O)c1. The van der Waals surface area contributed by atoms with Crippen LogP contribution < -0.4 is 5.32 Å². The molecule has 0 bridgehead atoms. The minimum absolute atomic E-state index is 0.235. The maximum absolute atomic E-state index is 10.4. The summed E-state index contributed by atoms with van der Waals surface area (Å²) in [5, 5.41) is 2.97. The predicted molar refractivity (Wildman–Crippen MR) is 64.2 cm³/mol. The van der Waals surface area contributed by atoms with Crippen molar-refractivity contribution in [2.45, 2.75) is 13.3 Å². The summed E-state index contributed by atoms with van der Waals surface area (Å²) >= 11 is 0. The molecule has 0 radical (unpaired) electrons. The minimum Gasteiger partial charge on any atom is -0.315 e. The molecule has 0 atom stereocenters. The zero-order valence-corrected chi connectivity index (χ0v) is 10.1. The Balaban J connectivity index is 2.21. The maximum atomic E-state index is 10.4. The van der Waals surface area contributed by atoms with Gasteiger partial charge in [0.15, 0.2) is 0 Å². The van der Waals surface area contributed by atoms with Gasteiger partial charge in [0.25, 0.3) is 10.1 Å². The van der Waals surface area contributed by atoms with E-state index in [-0.39, 0.29) is 12.3 Å². The van der Waals surface area contributed by atoms with Gasteiger partial charge in [-0.2, -0.15) is 8.42 Å². The molecule has 0 amide bonds. The molecule has 4 nitrogen and oxygen atoms in total. The second-order valence-corrected chi connectivity index (χ2v) is 5.35. The van der Waals surface area contributed by atoms with Crippen LogP contribution in [-0.2, 0) is 16.5 Å². The van der Waals surface area contributed by atoms with Crippen molar-refractivity contribution in [2.24, 2.45) is 0 Å². The molecule has 0 saturated carbocycles. The number of benzene rings is 1. The van der Waals surface area contributed by atoms with Gasteiger partial charge in [-0.25, -0.2) is 0 Å². The lowest BCUT2D eigenvalue weighted by molar-refractivity contribution is 0.480. The van der Waals surface area contributed by atoms with Crippen molar-refractivity contribution in [3.8, 4) is 0 Å². The highest BCUT2D eigenvalue weighted by Crippen LogP contribution is 2.03. The molecule has 0 aromatic heterocycles. The molecule has 0 aliphatic heterocycles. The standard InChI is InChI=1S/C11H17NO3S/c1-10-3-2-4-11(9-10)5-6-12-7-8-16(13,14)15/h2-4,9,12H,5-8H2,1H3,(H,13,14,15). The fourth-order valence-corrected chi connectivity index (χ4v) is 1.83. The molecular formula is C11H17NO3S. The molecule has 1 aromatic rings. The summed E-state index contributed by atoms with van der Waals surface area (Å²) in [4.78, 5) is 0. The molecular weight excluding hydrogens is 226 g/mol. The number of nitrogens with one attached hydrogen (secondary N) is 1. The number of rotatable bonds is 6. The summed E-state index contributed by atoms with van der Waals surface area (Å²) in [5.41, 5.74) is 2.44. The predicted octanol–water partition coefficient (Wildman–Crippen LogP) is 1.01. The Morgan fingerprint density at radius 2 is 2.06 bits per heavy atom. The zero-order chi connectivity index (χ0) is 12.0. The van der Waals surface area contributed by atoms with Gasteiger partial charge in [-0.15, -0.1) is 0 Å². The van der Waals surface area contributed by atoms with Gasteiger partial charge in [0.05, 0.1) is 5.75 Å². The largest absolute Gasteiger partial charge is 0.315 e. The molecule has 90 valence electrons. The molecule has 16 heavy (non-hydrogen) atoms. The Labute approximate surface area is 96.4 Å². The van der Waals surface area contributed by atoms with E-state index in [4.69, 9.17) is 4.55 Å². The van der Waals surface area contributed by atoms with E-state index in [9.17, 15) is 8.42 Å². The number of hydrogen-bond acceptors (Lipinski definition) is 3. The van der Waals surface area contributed by atoms with Crippen LogP contribution in [-0.4, -0.2) is 31.8 Å². The lowest BCUT2D eigenvalue weighted by Crippen LogP contribution is -2.24. The Hall–Kier alpha value is -0.910.